The Labute approximate surface area is 224 Å². The van der Waals surface area contributed by atoms with E-state index < -0.39 is 52.0 Å². The van der Waals surface area contributed by atoms with Crippen LogP contribution in [0.4, 0.5) is 0 Å². The molecule has 2 heterocycles. The van der Waals surface area contributed by atoms with E-state index in [1.807, 2.05) is 30.3 Å². The highest BCUT2D eigenvalue weighted by molar-refractivity contribution is 7.99. The number of nitrogens with one attached hydrogen (secondary N) is 1. The highest BCUT2D eigenvalue weighted by atomic mass is 32.2. The van der Waals surface area contributed by atoms with E-state index >= 15 is 0 Å². The van der Waals surface area contributed by atoms with Gasteiger partial charge < -0.3 is 14.2 Å². The predicted octanol–water partition coefficient (Wildman–Crippen LogP) is 3.33. The Hall–Kier alpha value is -3.22. The summed E-state index contributed by atoms with van der Waals surface area (Å²) in [6, 6.07) is 25.4. The minimum absolute atomic E-state index is 0.303. The molecule has 5 atom stereocenters. The summed E-state index contributed by atoms with van der Waals surface area (Å²) < 4.78 is 50.5. The molecule has 2 aliphatic rings. The number of thioether (sulfide) groups is 1. The monoisotopic (exact) mass is 555 g/mol. The summed E-state index contributed by atoms with van der Waals surface area (Å²) in [4.78, 5) is 25.5. The molecule has 0 amide bonds. The summed E-state index contributed by atoms with van der Waals surface area (Å²) in [6.07, 6.45) is -3.28. The van der Waals surface area contributed by atoms with Crippen LogP contribution >= 0.6 is 11.8 Å². The molecule has 0 aliphatic carbocycles. The fraction of sp³-hybridized carbons (Fsp3) is 0.259. The summed E-state index contributed by atoms with van der Waals surface area (Å²) in [7, 11) is -4.19. The van der Waals surface area contributed by atoms with E-state index in [1.54, 1.807) is 60.7 Å². The second kappa shape index (κ2) is 11.7. The molecule has 3 aromatic rings. The van der Waals surface area contributed by atoms with E-state index in [0.717, 1.165) is 5.56 Å². The summed E-state index contributed by atoms with van der Waals surface area (Å²) in [5.41, 5.74) is 0.879. The molecule has 0 saturated carbocycles. The lowest BCUT2D eigenvalue weighted by molar-refractivity contribution is -0.170. The van der Waals surface area contributed by atoms with Gasteiger partial charge in [0.1, 0.15) is 24.3 Å². The molecule has 2 aliphatic heterocycles. The predicted molar refractivity (Wildman–Crippen MR) is 139 cm³/mol. The topological polar surface area (TPSA) is 117 Å². The van der Waals surface area contributed by atoms with Crippen molar-refractivity contribution in [1.82, 2.24) is 4.72 Å². The lowest BCUT2D eigenvalue weighted by atomic mass is 9.98. The summed E-state index contributed by atoms with van der Waals surface area (Å²) in [6.45, 7) is -0.303. The SMILES string of the molecule is O=C(OC[C@H]1O[C@@H](SCc2ccccc2)[C@@H]2NS(=O)(=O)O[C@H]1[C@@H]2OC(=O)c1ccccc1)c1ccccc1. The van der Waals surface area contributed by atoms with Gasteiger partial charge in [-0.2, -0.15) is 13.1 Å². The molecule has 11 heteroatoms. The first-order valence-electron chi connectivity index (χ1n) is 11.9. The smallest absolute Gasteiger partial charge is 0.338 e. The maximum atomic E-state index is 13.0. The van der Waals surface area contributed by atoms with Crippen molar-refractivity contribution in [3.05, 3.63) is 108 Å². The fourth-order valence-corrected chi connectivity index (χ4v) is 6.70. The van der Waals surface area contributed by atoms with Gasteiger partial charge in [0.05, 0.1) is 17.2 Å². The third-order valence-electron chi connectivity index (χ3n) is 6.06. The van der Waals surface area contributed by atoms with Crippen molar-refractivity contribution < 1.29 is 36.4 Å². The zero-order chi connectivity index (χ0) is 26.5. The Kier molecular flexibility index (Phi) is 8.10. The zero-order valence-corrected chi connectivity index (χ0v) is 21.7. The molecule has 5 rings (SSSR count). The summed E-state index contributed by atoms with van der Waals surface area (Å²) in [5, 5.41) is 0. The Bertz CT molecular complexity index is 1360. The first-order valence-corrected chi connectivity index (χ1v) is 14.3. The van der Waals surface area contributed by atoms with Crippen LogP contribution in [0.1, 0.15) is 26.3 Å². The van der Waals surface area contributed by atoms with Crippen molar-refractivity contribution in [2.24, 2.45) is 0 Å². The molecule has 3 aromatic carbocycles. The zero-order valence-electron chi connectivity index (χ0n) is 20.0. The van der Waals surface area contributed by atoms with Crippen LogP contribution in [0.25, 0.3) is 0 Å². The molecule has 198 valence electrons. The Morgan fingerprint density at radius 1 is 0.842 bits per heavy atom. The average Bonchev–Trinajstić information content (AvgIpc) is 2.94. The van der Waals surface area contributed by atoms with Gasteiger partial charge in [-0.3, -0.25) is 0 Å². The maximum Gasteiger partial charge on any atom is 0.338 e. The Morgan fingerprint density at radius 2 is 1.42 bits per heavy atom. The number of ether oxygens (including phenoxy) is 3. The molecule has 0 unspecified atom stereocenters. The van der Waals surface area contributed by atoms with Crippen LogP contribution in [-0.2, 0) is 34.5 Å². The largest absolute Gasteiger partial charge is 0.459 e. The van der Waals surface area contributed by atoms with Crippen LogP contribution in [0.15, 0.2) is 91.0 Å². The van der Waals surface area contributed by atoms with Crippen LogP contribution in [0.5, 0.6) is 0 Å². The maximum absolute atomic E-state index is 13.0. The minimum Gasteiger partial charge on any atom is -0.459 e. The lowest BCUT2D eigenvalue weighted by Crippen LogP contribution is -2.69. The molecular formula is C27H25NO8S2. The third-order valence-corrected chi connectivity index (χ3v) is 8.33. The normalized spacial score (nSPS) is 25.7. The molecule has 1 N–H and O–H groups in total. The lowest BCUT2D eigenvalue weighted by Gasteiger charge is -2.48. The molecule has 38 heavy (non-hydrogen) atoms. The standard InChI is InChI=1S/C27H25NO8S2/c29-25(19-12-6-2-7-13-19)33-16-21-23-24(35-26(30)20-14-8-3-9-15-20)22(28-38(31,32)36-23)27(34-21)37-17-18-10-4-1-5-11-18/h1-15,21-24,27-28H,16-17H2/t21-,22-,23-,24-,27+/m1/s1. The van der Waals surface area contributed by atoms with Gasteiger partial charge in [-0.15, -0.1) is 11.8 Å². The van der Waals surface area contributed by atoms with Crippen molar-refractivity contribution in [2.45, 2.75) is 35.5 Å². The van der Waals surface area contributed by atoms with E-state index in [1.165, 1.54) is 11.8 Å². The van der Waals surface area contributed by atoms with Crippen LogP contribution in [0, 0.1) is 0 Å². The summed E-state index contributed by atoms with van der Waals surface area (Å²) in [5.74, 6) is -0.728. The van der Waals surface area contributed by atoms with Gasteiger partial charge in [-0.1, -0.05) is 66.7 Å². The molecule has 2 saturated heterocycles. The number of carbonyl (C=O) groups is 2. The highest BCUT2D eigenvalue weighted by Gasteiger charge is 2.56. The molecular weight excluding hydrogens is 530 g/mol. The van der Waals surface area contributed by atoms with Gasteiger partial charge in [-0.05, 0) is 29.8 Å². The molecule has 2 bridgehead atoms. The van der Waals surface area contributed by atoms with Gasteiger partial charge in [0, 0.05) is 5.75 Å². The third kappa shape index (κ3) is 6.25. The molecule has 9 nitrogen and oxygen atoms in total. The summed E-state index contributed by atoms with van der Waals surface area (Å²) >= 11 is 1.34. The van der Waals surface area contributed by atoms with E-state index in [9.17, 15) is 18.0 Å². The Morgan fingerprint density at radius 3 is 2.05 bits per heavy atom. The highest BCUT2D eigenvalue weighted by Crippen LogP contribution is 2.37. The first-order chi connectivity index (χ1) is 18.4. The number of benzene rings is 3. The molecule has 0 radical (unpaired) electrons. The minimum atomic E-state index is -4.19. The molecule has 0 aromatic heterocycles. The Balaban J connectivity index is 1.40. The van der Waals surface area contributed by atoms with Crippen molar-refractivity contribution in [3.63, 3.8) is 0 Å². The van der Waals surface area contributed by atoms with Crippen LogP contribution in [0.2, 0.25) is 0 Å². The molecule has 2 fully saturated rings. The van der Waals surface area contributed by atoms with E-state index in [0.29, 0.717) is 16.9 Å². The fourth-order valence-electron chi connectivity index (χ4n) is 4.24. The van der Waals surface area contributed by atoms with Crippen molar-refractivity contribution >= 4 is 34.0 Å². The van der Waals surface area contributed by atoms with Crippen molar-refractivity contribution in [2.75, 3.05) is 6.61 Å². The van der Waals surface area contributed by atoms with Crippen molar-refractivity contribution in [3.8, 4) is 0 Å². The van der Waals surface area contributed by atoms with E-state index in [-0.39, 0.29) is 6.61 Å². The quantitative estimate of drug-likeness (QED) is 0.418. The van der Waals surface area contributed by atoms with Gasteiger partial charge in [-0.25, -0.2) is 13.8 Å². The van der Waals surface area contributed by atoms with E-state index in [2.05, 4.69) is 4.72 Å². The number of esters is 2. The van der Waals surface area contributed by atoms with Gasteiger partial charge in [0.2, 0.25) is 0 Å². The van der Waals surface area contributed by atoms with Gasteiger partial charge in [0.15, 0.2) is 6.10 Å². The van der Waals surface area contributed by atoms with Crippen LogP contribution < -0.4 is 4.72 Å². The average molecular weight is 556 g/mol. The number of hydrogen-bond donors (Lipinski definition) is 1. The number of rotatable bonds is 8. The van der Waals surface area contributed by atoms with Gasteiger partial charge >= 0.3 is 22.2 Å². The van der Waals surface area contributed by atoms with Gasteiger partial charge in [0.25, 0.3) is 0 Å². The second-order valence-corrected chi connectivity index (χ2v) is 11.1. The van der Waals surface area contributed by atoms with Crippen molar-refractivity contribution in [1.29, 1.82) is 0 Å². The second-order valence-electron chi connectivity index (χ2n) is 8.70. The number of hydrogen-bond acceptors (Lipinski definition) is 9. The number of fused-ring (bicyclic) bond motifs is 2. The van der Waals surface area contributed by atoms with Crippen LogP contribution in [0.3, 0.4) is 0 Å². The number of carbonyl (C=O) groups excluding carboxylic acids is 2. The first kappa shape index (κ1) is 26.4. The van der Waals surface area contributed by atoms with Crippen LogP contribution in [-0.4, -0.2) is 56.8 Å². The van der Waals surface area contributed by atoms with E-state index in [4.69, 9.17) is 18.4 Å². The molecule has 0 spiro atoms.